The minimum atomic E-state index is -0.202. The predicted octanol–water partition coefficient (Wildman–Crippen LogP) is 0.0476. The number of aliphatic hydroxyl groups is 1. The van der Waals surface area contributed by atoms with Crippen LogP contribution < -0.4 is 4.90 Å². The number of β-amino-alcohol motifs (C(OH)–C–C–N with tert-alkyl or cyclic N) is 1. The van der Waals surface area contributed by atoms with Crippen LogP contribution in [0, 0.1) is 0 Å². The Labute approximate surface area is 70.9 Å². The molecule has 1 fully saturated rings. The minimum Gasteiger partial charge on any atom is -0.391 e. The summed E-state index contributed by atoms with van der Waals surface area (Å²) in [6.45, 7) is 1.55. The van der Waals surface area contributed by atoms with Crippen LogP contribution >= 0.6 is 0 Å². The first kappa shape index (κ1) is 7.49. The van der Waals surface area contributed by atoms with Crippen LogP contribution in [0.15, 0.2) is 18.6 Å². The Bertz CT molecular complexity index is 252. The molecule has 0 spiro atoms. The molecule has 0 saturated carbocycles. The summed E-state index contributed by atoms with van der Waals surface area (Å²) in [4.78, 5) is 10.2. The highest BCUT2D eigenvalue weighted by atomic mass is 16.3. The lowest BCUT2D eigenvalue weighted by molar-refractivity contribution is 0.198. The predicted molar refractivity (Wildman–Crippen MR) is 44.9 cm³/mol. The zero-order chi connectivity index (χ0) is 8.39. The van der Waals surface area contributed by atoms with E-state index in [0.29, 0.717) is 6.54 Å². The molecule has 2 rings (SSSR count). The van der Waals surface area contributed by atoms with E-state index in [1.165, 1.54) is 0 Å². The molecule has 1 unspecified atom stereocenters. The zero-order valence-corrected chi connectivity index (χ0v) is 6.72. The molecule has 0 bridgehead atoms. The molecule has 4 heteroatoms. The standard InChI is InChI=1S/C8H11N3O/c12-7-1-4-11(6-7)8-5-9-2-3-10-8/h2-3,5,7,12H,1,4,6H2. The van der Waals surface area contributed by atoms with Gasteiger partial charge in [0.05, 0.1) is 12.3 Å². The Balaban J connectivity index is 2.11. The number of hydrogen-bond donors (Lipinski definition) is 1. The van der Waals surface area contributed by atoms with Crippen molar-refractivity contribution < 1.29 is 5.11 Å². The van der Waals surface area contributed by atoms with Crippen LogP contribution in [0.1, 0.15) is 6.42 Å². The van der Waals surface area contributed by atoms with E-state index in [9.17, 15) is 5.11 Å². The summed E-state index contributed by atoms with van der Waals surface area (Å²) >= 11 is 0. The second kappa shape index (κ2) is 3.06. The Morgan fingerprint density at radius 2 is 2.42 bits per heavy atom. The van der Waals surface area contributed by atoms with Gasteiger partial charge in [0.15, 0.2) is 0 Å². The lowest BCUT2D eigenvalue weighted by Crippen LogP contribution is -2.22. The van der Waals surface area contributed by atoms with E-state index in [1.54, 1.807) is 18.6 Å². The Morgan fingerprint density at radius 1 is 1.50 bits per heavy atom. The van der Waals surface area contributed by atoms with Crippen LogP contribution in [0.25, 0.3) is 0 Å². The number of aliphatic hydroxyl groups excluding tert-OH is 1. The molecule has 1 N–H and O–H groups in total. The fraction of sp³-hybridized carbons (Fsp3) is 0.500. The summed E-state index contributed by atoms with van der Waals surface area (Å²) in [5, 5.41) is 9.27. The third kappa shape index (κ3) is 1.38. The summed E-state index contributed by atoms with van der Waals surface area (Å²) < 4.78 is 0. The van der Waals surface area contributed by atoms with Gasteiger partial charge in [-0.05, 0) is 6.42 Å². The van der Waals surface area contributed by atoms with Gasteiger partial charge in [-0.25, -0.2) is 4.98 Å². The van der Waals surface area contributed by atoms with Crippen molar-refractivity contribution in [2.75, 3.05) is 18.0 Å². The zero-order valence-electron chi connectivity index (χ0n) is 6.72. The van der Waals surface area contributed by atoms with E-state index in [0.717, 1.165) is 18.8 Å². The van der Waals surface area contributed by atoms with E-state index in [2.05, 4.69) is 9.97 Å². The van der Waals surface area contributed by atoms with Gasteiger partial charge in [-0.3, -0.25) is 4.98 Å². The van der Waals surface area contributed by atoms with Crippen molar-refractivity contribution in [1.29, 1.82) is 0 Å². The highest BCUT2D eigenvalue weighted by Gasteiger charge is 2.20. The van der Waals surface area contributed by atoms with Crippen LogP contribution in [0.4, 0.5) is 5.82 Å². The van der Waals surface area contributed by atoms with Crippen molar-refractivity contribution in [3.8, 4) is 0 Å². The van der Waals surface area contributed by atoms with Crippen molar-refractivity contribution in [1.82, 2.24) is 9.97 Å². The molecule has 4 nitrogen and oxygen atoms in total. The number of nitrogens with zero attached hydrogens (tertiary/aromatic N) is 3. The van der Waals surface area contributed by atoms with Gasteiger partial charge in [0.25, 0.3) is 0 Å². The normalized spacial score (nSPS) is 23.1. The molecule has 12 heavy (non-hydrogen) atoms. The van der Waals surface area contributed by atoms with Gasteiger partial charge in [-0.15, -0.1) is 0 Å². The maximum absolute atomic E-state index is 9.27. The van der Waals surface area contributed by atoms with Crippen LogP contribution in [0.5, 0.6) is 0 Å². The minimum absolute atomic E-state index is 0.202. The van der Waals surface area contributed by atoms with Gasteiger partial charge >= 0.3 is 0 Å². The second-order valence-electron chi connectivity index (χ2n) is 2.95. The van der Waals surface area contributed by atoms with Crippen molar-refractivity contribution in [3.05, 3.63) is 18.6 Å². The van der Waals surface area contributed by atoms with Gasteiger partial charge in [0.1, 0.15) is 5.82 Å². The fourth-order valence-electron chi connectivity index (χ4n) is 1.40. The Hall–Kier alpha value is -1.16. The SMILES string of the molecule is OC1CCN(c2cnccn2)C1. The van der Waals surface area contributed by atoms with Crippen LogP contribution in [-0.2, 0) is 0 Å². The molecule has 0 aromatic carbocycles. The Kier molecular flexibility index (Phi) is 1.91. The summed E-state index contributed by atoms with van der Waals surface area (Å²) in [6.07, 6.45) is 5.66. The molecule has 1 aliphatic rings. The lowest BCUT2D eigenvalue weighted by atomic mass is 10.3. The third-order valence-electron chi connectivity index (χ3n) is 2.04. The maximum atomic E-state index is 9.27. The number of rotatable bonds is 1. The van der Waals surface area contributed by atoms with E-state index < -0.39 is 0 Å². The molecule has 2 heterocycles. The molecule has 1 aliphatic heterocycles. The highest BCUT2D eigenvalue weighted by molar-refractivity contribution is 5.36. The molecule has 1 atom stereocenters. The van der Waals surface area contributed by atoms with E-state index in [-0.39, 0.29) is 6.10 Å². The van der Waals surface area contributed by atoms with Crippen LogP contribution in [0.2, 0.25) is 0 Å². The molecule has 0 radical (unpaired) electrons. The average molecular weight is 165 g/mol. The number of aromatic nitrogens is 2. The third-order valence-corrected chi connectivity index (χ3v) is 2.04. The first-order valence-corrected chi connectivity index (χ1v) is 4.05. The second-order valence-corrected chi connectivity index (χ2v) is 2.95. The number of hydrogen-bond acceptors (Lipinski definition) is 4. The first-order chi connectivity index (χ1) is 5.86. The van der Waals surface area contributed by atoms with Crippen LogP contribution in [-0.4, -0.2) is 34.3 Å². The largest absolute Gasteiger partial charge is 0.391 e. The summed E-state index contributed by atoms with van der Waals surface area (Å²) in [5.74, 6) is 0.856. The van der Waals surface area contributed by atoms with Crippen molar-refractivity contribution in [2.24, 2.45) is 0 Å². The van der Waals surface area contributed by atoms with Gasteiger partial charge < -0.3 is 10.0 Å². The van der Waals surface area contributed by atoms with Gasteiger partial charge in [-0.1, -0.05) is 0 Å². The van der Waals surface area contributed by atoms with Gasteiger partial charge in [0, 0.05) is 25.5 Å². The first-order valence-electron chi connectivity index (χ1n) is 4.05. The molecule has 1 aromatic heterocycles. The monoisotopic (exact) mass is 165 g/mol. The molecular weight excluding hydrogens is 154 g/mol. The Morgan fingerprint density at radius 3 is 3.00 bits per heavy atom. The smallest absolute Gasteiger partial charge is 0.147 e. The van der Waals surface area contributed by atoms with Crippen molar-refractivity contribution in [3.63, 3.8) is 0 Å². The van der Waals surface area contributed by atoms with Crippen LogP contribution in [0.3, 0.4) is 0 Å². The fourth-order valence-corrected chi connectivity index (χ4v) is 1.40. The summed E-state index contributed by atoms with van der Waals surface area (Å²) in [7, 11) is 0. The molecular formula is C8H11N3O. The molecule has 1 aromatic rings. The lowest BCUT2D eigenvalue weighted by Gasteiger charge is -2.14. The molecule has 64 valence electrons. The van der Waals surface area contributed by atoms with Gasteiger partial charge in [-0.2, -0.15) is 0 Å². The quantitative estimate of drug-likeness (QED) is 0.638. The topological polar surface area (TPSA) is 49.2 Å². The average Bonchev–Trinajstić information content (AvgIpc) is 2.54. The molecule has 0 aliphatic carbocycles. The molecule has 1 saturated heterocycles. The van der Waals surface area contributed by atoms with Crippen molar-refractivity contribution in [2.45, 2.75) is 12.5 Å². The van der Waals surface area contributed by atoms with E-state index >= 15 is 0 Å². The summed E-state index contributed by atoms with van der Waals surface area (Å²) in [6, 6.07) is 0. The maximum Gasteiger partial charge on any atom is 0.147 e. The highest BCUT2D eigenvalue weighted by Crippen LogP contribution is 2.15. The molecule has 0 amide bonds. The van der Waals surface area contributed by atoms with Gasteiger partial charge in [0.2, 0.25) is 0 Å². The van der Waals surface area contributed by atoms with Crippen molar-refractivity contribution >= 4 is 5.82 Å². The van der Waals surface area contributed by atoms with E-state index in [4.69, 9.17) is 0 Å². The summed E-state index contributed by atoms with van der Waals surface area (Å²) in [5.41, 5.74) is 0. The van der Waals surface area contributed by atoms with E-state index in [1.807, 2.05) is 4.90 Å². The number of anilines is 1.